The van der Waals surface area contributed by atoms with Crippen LogP contribution in [0.2, 0.25) is 0 Å². The Labute approximate surface area is 129 Å². The maximum atomic E-state index is 9.83. The van der Waals surface area contributed by atoms with E-state index in [1.807, 2.05) is 12.1 Å². The van der Waals surface area contributed by atoms with Gasteiger partial charge in [0.1, 0.15) is 11.9 Å². The Morgan fingerprint density at radius 3 is 2.85 bits per heavy atom. The summed E-state index contributed by atoms with van der Waals surface area (Å²) in [5, 5.41) is 13.3. The first kappa shape index (κ1) is 15.8. The molecule has 2 N–H and O–H groups in total. The molecule has 1 aliphatic carbocycles. The van der Waals surface area contributed by atoms with Crippen LogP contribution in [0, 0.1) is 5.92 Å². The number of aliphatic hydroxyl groups is 1. The SMILES string of the molecule is CC(C)CNCc1cc(OC2CCCC2O)ccc1Br. The van der Waals surface area contributed by atoms with E-state index in [1.54, 1.807) is 0 Å². The Balaban J connectivity index is 1.96. The van der Waals surface area contributed by atoms with E-state index >= 15 is 0 Å². The van der Waals surface area contributed by atoms with E-state index in [4.69, 9.17) is 4.74 Å². The number of aliphatic hydroxyl groups excluding tert-OH is 1. The summed E-state index contributed by atoms with van der Waals surface area (Å²) >= 11 is 3.58. The minimum Gasteiger partial charge on any atom is -0.488 e. The summed E-state index contributed by atoms with van der Waals surface area (Å²) in [5.41, 5.74) is 1.19. The summed E-state index contributed by atoms with van der Waals surface area (Å²) in [4.78, 5) is 0. The summed E-state index contributed by atoms with van der Waals surface area (Å²) in [6.07, 6.45) is 2.47. The topological polar surface area (TPSA) is 41.5 Å². The summed E-state index contributed by atoms with van der Waals surface area (Å²) < 4.78 is 7.00. The van der Waals surface area contributed by atoms with Crippen molar-refractivity contribution < 1.29 is 9.84 Å². The fourth-order valence-corrected chi connectivity index (χ4v) is 2.86. The zero-order valence-corrected chi connectivity index (χ0v) is 13.8. The molecule has 1 aliphatic rings. The Morgan fingerprint density at radius 2 is 2.20 bits per heavy atom. The maximum absolute atomic E-state index is 9.83. The van der Waals surface area contributed by atoms with Gasteiger partial charge in [-0.15, -0.1) is 0 Å². The average molecular weight is 342 g/mol. The van der Waals surface area contributed by atoms with Crippen molar-refractivity contribution in [1.29, 1.82) is 0 Å². The first-order valence-corrected chi connectivity index (χ1v) is 8.19. The molecule has 0 aliphatic heterocycles. The molecular formula is C16H24BrNO2. The van der Waals surface area contributed by atoms with Gasteiger partial charge >= 0.3 is 0 Å². The molecule has 1 aromatic rings. The minimum atomic E-state index is -0.318. The lowest BCUT2D eigenvalue weighted by Gasteiger charge is -2.18. The monoisotopic (exact) mass is 341 g/mol. The van der Waals surface area contributed by atoms with Crippen LogP contribution < -0.4 is 10.1 Å². The maximum Gasteiger partial charge on any atom is 0.124 e. The minimum absolute atomic E-state index is 0.0485. The molecule has 1 saturated carbocycles. The number of benzene rings is 1. The molecule has 3 nitrogen and oxygen atoms in total. The van der Waals surface area contributed by atoms with E-state index in [-0.39, 0.29) is 12.2 Å². The van der Waals surface area contributed by atoms with Gasteiger partial charge in [-0.1, -0.05) is 29.8 Å². The molecule has 0 aromatic heterocycles. The molecule has 0 heterocycles. The zero-order chi connectivity index (χ0) is 14.5. The van der Waals surface area contributed by atoms with Gasteiger partial charge in [-0.05, 0) is 55.5 Å². The third-order valence-electron chi connectivity index (χ3n) is 3.59. The molecule has 0 radical (unpaired) electrons. The second-order valence-electron chi connectivity index (χ2n) is 5.93. The van der Waals surface area contributed by atoms with E-state index in [0.29, 0.717) is 5.92 Å². The van der Waals surface area contributed by atoms with Crippen molar-refractivity contribution in [2.45, 2.75) is 51.9 Å². The number of rotatable bonds is 6. The number of hydrogen-bond acceptors (Lipinski definition) is 3. The number of hydrogen-bond donors (Lipinski definition) is 2. The van der Waals surface area contributed by atoms with Gasteiger partial charge in [0.2, 0.25) is 0 Å². The highest BCUT2D eigenvalue weighted by Gasteiger charge is 2.26. The zero-order valence-electron chi connectivity index (χ0n) is 12.2. The van der Waals surface area contributed by atoms with Crippen molar-refractivity contribution in [2.24, 2.45) is 5.92 Å². The Morgan fingerprint density at radius 1 is 1.40 bits per heavy atom. The number of ether oxygens (including phenoxy) is 1. The van der Waals surface area contributed by atoms with E-state index < -0.39 is 0 Å². The van der Waals surface area contributed by atoms with Crippen LogP contribution in [0.5, 0.6) is 5.75 Å². The van der Waals surface area contributed by atoms with Gasteiger partial charge in [0, 0.05) is 11.0 Å². The summed E-state index contributed by atoms with van der Waals surface area (Å²) in [7, 11) is 0. The predicted molar refractivity (Wildman–Crippen MR) is 85.0 cm³/mol. The van der Waals surface area contributed by atoms with E-state index in [1.165, 1.54) is 5.56 Å². The smallest absolute Gasteiger partial charge is 0.124 e. The number of nitrogens with one attached hydrogen (secondary N) is 1. The molecule has 0 spiro atoms. The highest BCUT2D eigenvalue weighted by Crippen LogP contribution is 2.27. The van der Waals surface area contributed by atoms with E-state index in [2.05, 4.69) is 41.2 Å². The van der Waals surface area contributed by atoms with Crippen LogP contribution in [0.1, 0.15) is 38.7 Å². The lowest BCUT2D eigenvalue weighted by molar-refractivity contribution is 0.0603. The van der Waals surface area contributed by atoms with Crippen molar-refractivity contribution in [3.05, 3.63) is 28.2 Å². The standard InChI is InChI=1S/C16H24BrNO2/c1-11(2)9-18-10-12-8-13(6-7-14(12)17)20-16-5-3-4-15(16)19/h6-8,11,15-16,18-19H,3-5,9-10H2,1-2H3. The normalized spacial score (nSPS) is 22.4. The third kappa shape index (κ3) is 4.47. The van der Waals surface area contributed by atoms with Gasteiger partial charge in [-0.25, -0.2) is 0 Å². The van der Waals surface area contributed by atoms with Gasteiger partial charge in [-0.2, -0.15) is 0 Å². The van der Waals surface area contributed by atoms with Crippen molar-refractivity contribution in [1.82, 2.24) is 5.32 Å². The molecule has 2 rings (SSSR count). The molecular weight excluding hydrogens is 318 g/mol. The molecule has 0 amide bonds. The van der Waals surface area contributed by atoms with E-state index in [9.17, 15) is 5.11 Å². The Kier molecular flexibility index (Phi) is 5.87. The molecule has 2 atom stereocenters. The van der Waals surface area contributed by atoms with E-state index in [0.717, 1.165) is 42.6 Å². The lowest BCUT2D eigenvalue weighted by Crippen LogP contribution is -2.25. The average Bonchev–Trinajstić information content (AvgIpc) is 2.78. The van der Waals surface area contributed by atoms with Crippen LogP contribution in [0.4, 0.5) is 0 Å². The van der Waals surface area contributed by atoms with Gasteiger partial charge in [0.15, 0.2) is 0 Å². The largest absolute Gasteiger partial charge is 0.488 e. The second kappa shape index (κ2) is 7.43. The molecule has 0 bridgehead atoms. The first-order valence-electron chi connectivity index (χ1n) is 7.40. The molecule has 4 heteroatoms. The molecule has 2 unspecified atom stereocenters. The van der Waals surface area contributed by atoms with Gasteiger partial charge in [0.05, 0.1) is 6.10 Å². The van der Waals surface area contributed by atoms with Crippen molar-refractivity contribution in [3.63, 3.8) is 0 Å². The van der Waals surface area contributed by atoms with Gasteiger partial charge in [0.25, 0.3) is 0 Å². The van der Waals surface area contributed by atoms with Gasteiger partial charge < -0.3 is 15.2 Å². The quantitative estimate of drug-likeness (QED) is 0.832. The molecule has 1 aromatic carbocycles. The highest BCUT2D eigenvalue weighted by molar-refractivity contribution is 9.10. The Hall–Kier alpha value is -0.580. The Bertz CT molecular complexity index is 436. The van der Waals surface area contributed by atoms with Crippen molar-refractivity contribution >= 4 is 15.9 Å². The van der Waals surface area contributed by atoms with Crippen LogP contribution in [-0.2, 0) is 6.54 Å². The van der Waals surface area contributed by atoms with Crippen molar-refractivity contribution in [2.75, 3.05) is 6.54 Å². The van der Waals surface area contributed by atoms with Crippen LogP contribution in [0.3, 0.4) is 0 Å². The third-order valence-corrected chi connectivity index (χ3v) is 4.36. The molecule has 0 saturated heterocycles. The molecule has 112 valence electrons. The predicted octanol–water partition coefficient (Wildman–Crippen LogP) is 3.49. The number of halogens is 1. The van der Waals surface area contributed by atoms with Crippen molar-refractivity contribution in [3.8, 4) is 5.75 Å². The highest BCUT2D eigenvalue weighted by atomic mass is 79.9. The van der Waals surface area contributed by atoms with Crippen LogP contribution in [0.15, 0.2) is 22.7 Å². The molecule has 20 heavy (non-hydrogen) atoms. The van der Waals surface area contributed by atoms with Crippen LogP contribution >= 0.6 is 15.9 Å². The second-order valence-corrected chi connectivity index (χ2v) is 6.79. The first-order chi connectivity index (χ1) is 9.56. The lowest BCUT2D eigenvalue weighted by atomic mass is 10.2. The van der Waals surface area contributed by atoms with Crippen LogP contribution in [0.25, 0.3) is 0 Å². The summed E-state index contributed by atoms with van der Waals surface area (Å²) in [6.45, 7) is 6.22. The fourth-order valence-electron chi connectivity index (χ4n) is 2.47. The summed E-state index contributed by atoms with van der Waals surface area (Å²) in [6, 6.07) is 6.03. The molecule has 1 fully saturated rings. The van der Waals surface area contributed by atoms with Gasteiger partial charge in [-0.3, -0.25) is 0 Å². The fraction of sp³-hybridized carbons (Fsp3) is 0.625. The van der Waals surface area contributed by atoms with Crippen LogP contribution in [-0.4, -0.2) is 23.9 Å². The summed E-state index contributed by atoms with van der Waals surface area (Å²) in [5.74, 6) is 1.49.